The van der Waals surface area contributed by atoms with E-state index in [2.05, 4.69) is 431 Å². The van der Waals surface area contributed by atoms with Crippen molar-refractivity contribution in [1.29, 1.82) is 0 Å². The number of rotatable bonds is 12. The molecular formula is C131H79N9S3. The lowest BCUT2D eigenvalue weighted by atomic mass is 9.94. The van der Waals surface area contributed by atoms with Gasteiger partial charge in [-0.25, -0.2) is 44.9 Å². The molecule has 0 aliphatic heterocycles. The third-order valence-corrected chi connectivity index (χ3v) is 30.9. The van der Waals surface area contributed by atoms with Gasteiger partial charge in [-0.15, -0.1) is 34.0 Å². The van der Waals surface area contributed by atoms with Gasteiger partial charge in [-0.05, 0) is 229 Å². The van der Waals surface area contributed by atoms with Crippen LogP contribution in [0, 0.1) is 0 Å². The first-order chi connectivity index (χ1) is 70.7. The van der Waals surface area contributed by atoms with E-state index in [1.165, 1.54) is 131 Å². The fourth-order valence-electron chi connectivity index (χ4n) is 20.3. The molecule has 0 spiro atoms. The Morgan fingerprint density at radius 3 is 0.867 bits per heavy atom. The molecule has 0 saturated heterocycles. The highest BCUT2D eigenvalue weighted by molar-refractivity contribution is 7.26. The van der Waals surface area contributed by atoms with Gasteiger partial charge in [0.15, 0.2) is 52.4 Å². The van der Waals surface area contributed by atoms with Crippen molar-refractivity contribution in [3.63, 3.8) is 0 Å². The van der Waals surface area contributed by atoms with Gasteiger partial charge in [-0.1, -0.05) is 370 Å². The van der Waals surface area contributed by atoms with Crippen LogP contribution in [0.1, 0.15) is 0 Å². The highest BCUT2D eigenvalue weighted by Gasteiger charge is 2.23. The first-order valence-electron chi connectivity index (χ1n) is 47.9. The summed E-state index contributed by atoms with van der Waals surface area (Å²) in [4.78, 5) is 45.8. The van der Waals surface area contributed by atoms with Crippen molar-refractivity contribution < 1.29 is 0 Å². The lowest BCUT2D eigenvalue weighted by Gasteiger charge is -2.13. The molecule has 0 aliphatic carbocycles. The number of thiophene rings is 3. The highest BCUT2D eigenvalue weighted by atomic mass is 32.1. The topological polar surface area (TPSA) is 116 Å². The molecule has 0 aliphatic rings. The predicted molar refractivity (Wildman–Crippen MR) is 603 cm³/mol. The minimum atomic E-state index is 0.650. The van der Waals surface area contributed by atoms with Gasteiger partial charge in [0.2, 0.25) is 0 Å². The SMILES string of the molecule is c1cc(-c2ccc3c(ccc4ccccc43)c2)cc(-c2nc(-c3ccc4ccccc4c3)nc(-c3ccc4sc5ccccc5c4c3)n2)c1.c1ccc(-c2nc(-c3ccc4sc5ccccc5c4c3)nc(-c3cc(-c4ccc5c(ccc6ccccc65)c4)cc4ccccc34)n2)cc1.c1ccc(-c2nc(-c3cccc(-c4ccc5ccc6ccccc6c5c4)c3)nc(-c3ccc4c(c3)sc3ccccc34)n2)cc1. The summed E-state index contributed by atoms with van der Waals surface area (Å²) in [6.45, 7) is 0. The zero-order valence-corrected chi connectivity index (χ0v) is 79.3. The van der Waals surface area contributed by atoms with E-state index in [0.29, 0.717) is 52.4 Å². The number of hydrogen-bond donors (Lipinski definition) is 0. The molecule has 29 aromatic rings. The molecule has 0 radical (unpaired) electrons. The number of benzene rings is 23. The molecule has 9 nitrogen and oxygen atoms in total. The molecule has 0 N–H and O–H groups in total. The minimum Gasteiger partial charge on any atom is -0.208 e. The predicted octanol–water partition coefficient (Wildman–Crippen LogP) is 35.9. The Morgan fingerprint density at radius 1 is 0.105 bits per heavy atom. The Kier molecular flexibility index (Phi) is 21.0. The second-order valence-corrected chi connectivity index (χ2v) is 39.5. The molecule has 12 heteroatoms. The van der Waals surface area contributed by atoms with Gasteiger partial charge in [-0.2, -0.15) is 0 Å². The monoisotopic (exact) mass is 1870 g/mol. The smallest absolute Gasteiger partial charge is 0.164 e. The fraction of sp³-hybridized carbons (Fsp3) is 0. The van der Waals surface area contributed by atoms with E-state index in [-0.39, 0.29) is 0 Å². The summed E-state index contributed by atoms with van der Waals surface area (Å²) in [5, 5.41) is 27.1. The Labute approximate surface area is 834 Å². The standard InChI is InChI=1S/2C45H27N3S.C41H25N3S/c1-2-10-30-25-35(19-16-28(30)8-1)44-46-43(47-45(48-44)36-21-23-42-40(27-36)39-14-5-6-15-41(39)49-42)34-12-7-11-31(26-34)32-20-22-38-33(24-32)18-17-29-9-3-4-13-37(29)38;1-2-11-29(12-3-1)43-46-44(33-21-23-42-39(26-33)38-16-8-9-17-41(38)49-42)48-45(47-43)40-27-34(25-31-13-5-7-15-36(31)40)30-20-22-37-32(24-30)19-18-28-10-4-6-14-35(28)37;1-2-10-28(11-3-1)39-42-40(44-41(43-39)32-21-22-35-34-15-6-7-16-37(34)45-38(35)25-32)31-13-8-12-29(23-31)30-20-19-27-18-17-26-9-4-5-14-33(26)36(27)24-30/h2*1-27H;1-25H. The van der Waals surface area contributed by atoms with Gasteiger partial charge in [0.25, 0.3) is 0 Å². The summed E-state index contributed by atoms with van der Waals surface area (Å²) in [6, 6.07) is 170. The molecule has 29 rings (SSSR count). The number of aromatic nitrogens is 9. The van der Waals surface area contributed by atoms with Gasteiger partial charge in [0.1, 0.15) is 0 Å². The van der Waals surface area contributed by atoms with Crippen molar-refractivity contribution in [2.45, 2.75) is 0 Å². The quantitative estimate of drug-likeness (QED) is 0.110. The van der Waals surface area contributed by atoms with E-state index in [1.54, 1.807) is 11.3 Å². The van der Waals surface area contributed by atoms with Gasteiger partial charge < -0.3 is 0 Å². The van der Waals surface area contributed by atoms with Crippen LogP contribution in [0.3, 0.4) is 0 Å². The Balaban J connectivity index is 0.000000107. The van der Waals surface area contributed by atoms with Crippen molar-refractivity contribution in [1.82, 2.24) is 44.9 Å². The molecule has 0 atom stereocenters. The molecule has 6 aromatic heterocycles. The van der Waals surface area contributed by atoms with E-state index in [1.807, 2.05) is 71.2 Å². The fourth-order valence-corrected chi connectivity index (χ4v) is 23.6. The summed E-state index contributed by atoms with van der Waals surface area (Å²) in [7, 11) is 0. The number of fused-ring (bicyclic) bond motifs is 20. The lowest BCUT2D eigenvalue weighted by molar-refractivity contribution is 1.07. The van der Waals surface area contributed by atoms with E-state index in [4.69, 9.17) is 44.9 Å². The van der Waals surface area contributed by atoms with Gasteiger partial charge in [0.05, 0.1) is 0 Å². The largest absolute Gasteiger partial charge is 0.208 e. The van der Waals surface area contributed by atoms with Crippen molar-refractivity contribution in [3.05, 3.63) is 479 Å². The third kappa shape index (κ3) is 15.9. The van der Waals surface area contributed by atoms with Gasteiger partial charge in [-0.3, -0.25) is 0 Å². The van der Waals surface area contributed by atoms with Crippen LogP contribution in [-0.2, 0) is 0 Å². The van der Waals surface area contributed by atoms with E-state index in [0.717, 1.165) is 99.6 Å². The van der Waals surface area contributed by atoms with E-state index in [9.17, 15) is 0 Å². The summed E-state index contributed by atoms with van der Waals surface area (Å²) >= 11 is 5.43. The lowest BCUT2D eigenvalue weighted by Crippen LogP contribution is -2.01. The second-order valence-electron chi connectivity index (χ2n) is 36.2. The van der Waals surface area contributed by atoms with E-state index < -0.39 is 0 Å². The Hall–Kier alpha value is -18.2. The number of hydrogen-bond acceptors (Lipinski definition) is 12. The van der Waals surface area contributed by atoms with Crippen LogP contribution in [-0.4, -0.2) is 44.9 Å². The highest BCUT2D eigenvalue weighted by Crippen LogP contribution is 2.45. The molecule has 23 aromatic carbocycles. The zero-order valence-electron chi connectivity index (χ0n) is 76.9. The van der Waals surface area contributed by atoms with Crippen LogP contribution in [0.2, 0.25) is 0 Å². The van der Waals surface area contributed by atoms with Crippen LogP contribution >= 0.6 is 34.0 Å². The molecule has 0 unspecified atom stereocenters. The first-order valence-corrected chi connectivity index (χ1v) is 50.3. The van der Waals surface area contributed by atoms with Crippen LogP contribution in [0.25, 0.3) is 283 Å². The number of nitrogens with zero attached hydrogens (tertiary/aromatic N) is 9. The molecule has 0 fully saturated rings. The van der Waals surface area contributed by atoms with Gasteiger partial charge >= 0.3 is 0 Å². The summed E-state index contributed by atoms with van der Waals surface area (Å²) in [6.07, 6.45) is 0. The summed E-state index contributed by atoms with van der Waals surface area (Å²) < 4.78 is 7.57. The van der Waals surface area contributed by atoms with Crippen LogP contribution < -0.4 is 0 Å². The van der Waals surface area contributed by atoms with E-state index >= 15 is 0 Å². The molecule has 6 heterocycles. The van der Waals surface area contributed by atoms with Crippen LogP contribution in [0.15, 0.2) is 479 Å². The van der Waals surface area contributed by atoms with Crippen LogP contribution in [0.5, 0.6) is 0 Å². The Morgan fingerprint density at radius 2 is 0.357 bits per heavy atom. The normalized spacial score (nSPS) is 11.6. The second kappa shape index (κ2) is 35.7. The molecule has 666 valence electrons. The molecule has 0 saturated carbocycles. The van der Waals surface area contributed by atoms with Gasteiger partial charge in [0, 0.05) is 111 Å². The first kappa shape index (κ1) is 84.1. The average molecular weight is 1880 g/mol. The van der Waals surface area contributed by atoms with Crippen molar-refractivity contribution >= 4 is 181 Å². The van der Waals surface area contributed by atoms with Crippen LogP contribution in [0.4, 0.5) is 0 Å². The average Bonchev–Trinajstić information content (AvgIpc) is 1.31. The molecule has 143 heavy (non-hydrogen) atoms. The maximum atomic E-state index is 5.22. The molecule has 0 bridgehead atoms. The molecular weight excluding hydrogens is 1800 g/mol. The van der Waals surface area contributed by atoms with Crippen molar-refractivity contribution in [2.24, 2.45) is 0 Å². The summed E-state index contributed by atoms with van der Waals surface area (Å²) in [5.41, 5.74) is 15.5. The minimum absolute atomic E-state index is 0.650. The zero-order chi connectivity index (χ0) is 94.4. The van der Waals surface area contributed by atoms with Crippen molar-refractivity contribution in [2.75, 3.05) is 0 Å². The van der Waals surface area contributed by atoms with Crippen molar-refractivity contribution in [3.8, 4) is 136 Å². The maximum Gasteiger partial charge on any atom is 0.164 e. The third-order valence-electron chi connectivity index (χ3n) is 27.5. The Bertz CT molecular complexity index is 10200. The molecule has 0 amide bonds. The maximum absolute atomic E-state index is 5.22. The summed E-state index contributed by atoms with van der Waals surface area (Å²) in [5.74, 6) is 5.92.